The minimum Gasteiger partial charge on any atom is -0.399 e. The first kappa shape index (κ1) is 14.0. The van der Waals surface area contributed by atoms with Crippen LogP contribution in [0.15, 0.2) is 48.5 Å². The smallest absolute Gasteiger partial charge is 0.205 e. The summed E-state index contributed by atoms with van der Waals surface area (Å²) in [5.74, 6) is 0.448. The van der Waals surface area contributed by atoms with Crippen LogP contribution in [0.1, 0.15) is 0 Å². The number of nitrogen functional groups attached to an aromatic ring is 3. The van der Waals surface area contributed by atoms with E-state index < -0.39 is 0 Å². The van der Waals surface area contributed by atoms with Crippen molar-refractivity contribution >= 4 is 28.2 Å². The molecule has 0 saturated carbocycles. The van der Waals surface area contributed by atoms with Crippen molar-refractivity contribution in [3.05, 3.63) is 48.5 Å². The van der Waals surface area contributed by atoms with Gasteiger partial charge in [-0.3, -0.25) is 5.10 Å². The van der Waals surface area contributed by atoms with E-state index in [0.29, 0.717) is 28.5 Å². The standard InChI is InChI=1S/C17H15N7/c18-11-5-1-9(2-6-11)13-14-16(20)22-24-17(14)23-21-15(13)10-3-7-12(19)8-4-10/h1-8H,18-19H2,(H3,20,22,23,24). The van der Waals surface area contributed by atoms with E-state index in [-0.39, 0.29) is 0 Å². The molecule has 0 aliphatic heterocycles. The van der Waals surface area contributed by atoms with Gasteiger partial charge in [-0.1, -0.05) is 24.3 Å². The van der Waals surface area contributed by atoms with Crippen LogP contribution in [0.3, 0.4) is 0 Å². The summed E-state index contributed by atoms with van der Waals surface area (Å²) in [6.45, 7) is 0. The maximum absolute atomic E-state index is 6.08. The lowest BCUT2D eigenvalue weighted by molar-refractivity contribution is 1.03. The Balaban J connectivity index is 2.06. The summed E-state index contributed by atoms with van der Waals surface area (Å²) in [6, 6.07) is 15.0. The zero-order valence-corrected chi connectivity index (χ0v) is 12.7. The fourth-order valence-electron chi connectivity index (χ4n) is 2.70. The van der Waals surface area contributed by atoms with Crippen LogP contribution in [-0.4, -0.2) is 20.4 Å². The van der Waals surface area contributed by atoms with E-state index in [2.05, 4.69) is 20.4 Å². The molecule has 0 saturated heterocycles. The van der Waals surface area contributed by atoms with Crippen LogP contribution in [-0.2, 0) is 0 Å². The van der Waals surface area contributed by atoms with E-state index in [1.165, 1.54) is 0 Å². The fourth-order valence-corrected chi connectivity index (χ4v) is 2.70. The van der Waals surface area contributed by atoms with Crippen molar-refractivity contribution in [1.29, 1.82) is 0 Å². The molecule has 0 aliphatic carbocycles. The first-order chi connectivity index (χ1) is 11.6. The van der Waals surface area contributed by atoms with Crippen molar-refractivity contribution in [3.8, 4) is 22.4 Å². The Morgan fingerprint density at radius 3 is 1.92 bits per heavy atom. The maximum Gasteiger partial charge on any atom is 0.205 e. The zero-order chi connectivity index (χ0) is 16.7. The van der Waals surface area contributed by atoms with Gasteiger partial charge >= 0.3 is 0 Å². The van der Waals surface area contributed by atoms with Crippen LogP contribution in [0, 0.1) is 0 Å². The van der Waals surface area contributed by atoms with Gasteiger partial charge in [0.05, 0.1) is 5.39 Å². The minimum absolute atomic E-state index is 0.448. The van der Waals surface area contributed by atoms with Crippen LogP contribution in [0.4, 0.5) is 17.2 Å². The second kappa shape index (κ2) is 5.24. The van der Waals surface area contributed by atoms with Gasteiger partial charge in [0, 0.05) is 22.5 Å². The predicted octanol–water partition coefficient (Wildman–Crippen LogP) is 2.43. The summed E-state index contributed by atoms with van der Waals surface area (Å²) in [5.41, 5.74) is 22.9. The third-order valence-corrected chi connectivity index (χ3v) is 3.89. The Bertz CT molecular complexity index is 1020. The predicted molar refractivity (Wildman–Crippen MR) is 95.8 cm³/mol. The normalized spacial score (nSPS) is 11.0. The molecule has 4 aromatic rings. The molecule has 0 bridgehead atoms. The van der Waals surface area contributed by atoms with Gasteiger partial charge in [-0.05, 0) is 29.8 Å². The number of nitrogens with two attached hydrogens (primary N) is 3. The third kappa shape index (κ3) is 2.19. The lowest BCUT2D eigenvalue weighted by atomic mass is 9.97. The molecule has 7 N–H and O–H groups in total. The summed E-state index contributed by atoms with van der Waals surface area (Å²) >= 11 is 0. The number of rotatable bonds is 2. The number of nitrogens with one attached hydrogen (secondary N) is 1. The molecule has 0 atom stereocenters. The van der Waals surface area contributed by atoms with Gasteiger partial charge in [0.2, 0.25) is 5.65 Å². The average molecular weight is 317 g/mol. The Morgan fingerprint density at radius 1 is 0.708 bits per heavy atom. The topological polar surface area (TPSA) is 133 Å². The molecule has 4 rings (SSSR count). The van der Waals surface area contributed by atoms with E-state index in [9.17, 15) is 0 Å². The minimum atomic E-state index is 0.448. The number of H-pyrrole nitrogens is 1. The van der Waals surface area contributed by atoms with E-state index in [1.807, 2.05) is 48.5 Å². The Kier molecular flexibility index (Phi) is 3.06. The number of hydrogen-bond acceptors (Lipinski definition) is 6. The van der Waals surface area contributed by atoms with Crippen LogP contribution in [0.2, 0.25) is 0 Å². The Morgan fingerprint density at radius 2 is 1.29 bits per heavy atom. The lowest BCUT2D eigenvalue weighted by Gasteiger charge is -2.10. The van der Waals surface area contributed by atoms with Crippen molar-refractivity contribution in [3.63, 3.8) is 0 Å². The van der Waals surface area contributed by atoms with Crippen LogP contribution >= 0.6 is 0 Å². The van der Waals surface area contributed by atoms with E-state index >= 15 is 0 Å². The lowest BCUT2D eigenvalue weighted by Crippen LogP contribution is -1.96. The van der Waals surface area contributed by atoms with Gasteiger partial charge < -0.3 is 17.2 Å². The molecule has 2 aromatic carbocycles. The molecule has 7 heteroatoms. The monoisotopic (exact) mass is 317 g/mol. The summed E-state index contributed by atoms with van der Waals surface area (Å²) in [4.78, 5) is 0. The number of hydrogen-bond donors (Lipinski definition) is 4. The van der Waals surface area contributed by atoms with Crippen molar-refractivity contribution in [1.82, 2.24) is 20.4 Å². The molecular weight excluding hydrogens is 302 g/mol. The van der Waals surface area contributed by atoms with Gasteiger partial charge in [0.1, 0.15) is 11.5 Å². The van der Waals surface area contributed by atoms with E-state index in [0.717, 1.165) is 22.1 Å². The van der Waals surface area contributed by atoms with Crippen LogP contribution in [0.5, 0.6) is 0 Å². The maximum atomic E-state index is 6.08. The number of benzene rings is 2. The van der Waals surface area contributed by atoms with Crippen molar-refractivity contribution in [2.75, 3.05) is 17.2 Å². The Hall–Kier alpha value is -3.61. The number of anilines is 3. The van der Waals surface area contributed by atoms with Gasteiger partial charge in [-0.2, -0.15) is 5.10 Å². The van der Waals surface area contributed by atoms with Gasteiger partial charge in [-0.25, -0.2) is 0 Å². The van der Waals surface area contributed by atoms with E-state index in [1.54, 1.807) is 0 Å². The average Bonchev–Trinajstić information content (AvgIpc) is 2.97. The van der Waals surface area contributed by atoms with Crippen LogP contribution in [0.25, 0.3) is 33.4 Å². The molecule has 0 amide bonds. The highest BCUT2D eigenvalue weighted by Gasteiger charge is 2.18. The number of aromatic amines is 1. The number of aromatic nitrogens is 4. The van der Waals surface area contributed by atoms with Crippen molar-refractivity contribution in [2.24, 2.45) is 0 Å². The molecule has 0 radical (unpaired) electrons. The Labute approximate surface area is 137 Å². The van der Waals surface area contributed by atoms with Gasteiger partial charge in [0.25, 0.3) is 0 Å². The van der Waals surface area contributed by atoms with Crippen LogP contribution < -0.4 is 17.2 Å². The van der Waals surface area contributed by atoms with E-state index in [4.69, 9.17) is 17.2 Å². The molecular formula is C17H15N7. The highest BCUT2D eigenvalue weighted by Crippen LogP contribution is 2.37. The fraction of sp³-hybridized carbons (Fsp3) is 0. The summed E-state index contributed by atoms with van der Waals surface area (Å²) in [5, 5.41) is 16.1. The van der Waals surface area contributed by atoms with Crippen molar-refractivity contribution < 1.29 is 0 Å². The van der Waals surface area contributed by atoms with Gasteiger partial charge in [0.15, 0.2) is 0 Å². The molecule has 118 valence electrons. The SMILES string of the molecule is Nc1ccc(-c2nnc3n[nH]c(N)c3c2-c2ccc(N)cc2)cc1. The molecule has 7 nitrogen and oxygen atoms in total. The largest absolute Gasteiger partial charge is 0.399 e. The highest BCUT2D eigenvalue weighted by molar-refractivity contribution is 6.04. The summed E-state index contributed by atoms with van der Waals surface area (Å²) in [7, 11) is 0. The molecule has 0 unspecified atom stereocenters. The number of fused-ring (bicyclic) bond motifs is 1. The highest BCUT2D eigenvalue weighted by atomic mass is 15.2. The molecule has 0 spiro atoms. The van der Waals surface area contributed by atoms with Gasteiger partial charge in [-0.15, -0.1) is 10.2 Å². The second-order valence-electron chi connectivity index (χ2n) is 5.50. The quantitative estimate of drug-likeness (QED) is 0.420. The third-order valence-electron chi connectivity index (χ3n) is 3.89. The molecule has 2 aromatic heterocycles. The summed E-state index contributed by atoms with van der Waals surface area (Å²) in [6.07, 6.45) is 0. The molecule has 0 aliphatic rings. The molecule has 0 fully saturated rings. The first-order valence-electron chi connectivity index (χ1n) is 7.35. The summed E-state index contributed by atoms with van der Waals surface area (Å²) < 4.78 is 0. The van der Waals surface area contributed by atoms with Crippen molar-refractivity contribution in [2.45, 2.75) is 0 Å². The molecule has 2 heterocycles. The second-order valence-corrected chi connectivity index (χ2v) is 5.50. The molecule has 24 heavy (non-hydrogen) atoms. The zero-order valence-electron chi connectivity index (χ0n) is 12.7. The first-order valence-corrected chi connectivity index (χ1v) is 7.35. The number of nitrogens with zero attached hydrogens (tertiary/aromatic N) is 3.